The van der Waals surface area contributed by atoms with Crippen LogP contribution in [0.2, 0.25) is 0 Å². The molecule has 1 amide bonds. The van der Waals surface area contributed by atoms with E-state index in [0.717, 1.165) is 22.9 Å². The number of aliphatic hydroxyl groups is 2. The smallest absolute Gasteiger partial charge is 0.400 e. The Bertz CT molecular complexity index is 948. The van der Waals surface area contributed by atoms with Crippen LogP contribution in [0, 0.1) is 0 Å². The van der Waals surface area contributed by atoms with Crippen LogP contribution in [-0.2, 0) is 9.30 Å². The summed E-state index contributed by atoms with van der Waals surface area (Å²) in [6.45, 7) is 0. The Kier molecular flexibility index (Phi) is 5.49. The minimum Gasteiger partial charge on any atom is -0.504 e. The summed E-state index contributed by atoms with van der Waals surface area (Å²) in [6, 6.07) is 5.59. The molecule has 13 heteroatoms. The number of carbonyl (C=O) groups is 1. The molecule has 28 heavy (non-hydrogen) atoms. The summed E-state index contributed by atoms with van der Waals surface area (Å²) >= 11 is 0. The second kappa shape index (κ2) is 7.70. The molecule has 150 valence electrons. The van der Waals surface area contributed by atoms with E-state index in [1.54, 1.807) is 0 Å². The number of para-hydroxylation sites is 2. The maximum absolute atomic E-state index is 12.2. The number of aliphatic hydroxyl groups excluding tert-OH is 2. The largest absolute Gasteiger partial charge is 0.504 e. The molecule has 0 saturated carbocycles. The van der Waals surface area contributed by atoms with Crippen molar-refractivity contribution >= 4 is 13.5 Å². The van der Waals surface area contributed by atoms with Crippen molar-refractivity contribution in [3.05, 3.63) is 48.3 Å². The van der Waals surface area contributed by atoms with Gasteiger partial charge in [-0.25, -0.2) is 14.2 Å². The highest BCUT2D eigenvalue weighted by Gasteiger charge is 2.43. The normalized spacial score (nSPS) is 27.0. The molecule has 2 unspecified atom stereocenters. The molecule has 2 aromatic rings. The van der Waals surface area contributed by atoms with Crippen LogP contribution in [0.4, 0.5) is 0 Å². The first-order valence-corrected chi connectivity index (χ1v) is 9.54. The molecule has 6 N–H and O–H groups in total. The van der Waals surface area contributed by atoms with Crippen LogP contribution < -0.4 is 10.3 Å². The maximum Gasteiger partial charge on any atom is 0.400 e. The lowest BCUT2D eigenvalue weighted by Gasteiger charge is -2.13. The van der Waals surface area contributed by atoms with Gasteiger partial charge < -0.3 is 35.2 Å². The minimum atomic E-state index is -4.35. The first-order valence-electron chi connectivity index (χ1n) is 7.90. The molecule has 0 radical (unpaired) electrons. The highest BCUT2D eigenvalue weighted by molar-refractivity contribution is 7.56. The fraction of sp³-hybridized carbons (Fsp3) is 0.267. The number of rotatable bonds is 6. The number of aromatic nitrogens is 3. The van der Waals surface area contributed by atoms with Crippen molar-refractivity contribution in [1.29, 1.82) is 0 Å². The third-order valence-electron chi connectivity index (χ3n) is 3.82. The number of phenols is 1. The number of hydrogen-bond donors (Lipinski definition) is 5. The zero-order valence-electron chi connectivity index (χ0n) is 14.1. The summed E-state index contributed by atoms with van der Waals surface area (Å²) in [7, 11) is -4.35. The molecular formula is C15H17N4O8P. The SMILES string of the molecule is NC(=O)c1ncn(C2O[C@H](/C=C/P(=O)(O)Oc3ccccc3O)[C@@H](O)[C@H]2O)n1. The second-order valence-corrected chi connectivity index (χ2v) is 7.46. The maximum atomic E-state index is 12.2. The molecule has 1 fully saturated rings. The van der Waals surface area contributed by atoms with E-state index in [0.29, 0.717) is 0 Å². The molecule has 3 rings (SSSR count). The van der Waals surface area contributed by atoms with Gasteiger partial charge in [0.1, 0.15) is 24.6 Å². The predicted molar refractivity (Wildman–Crippen MR) is 92.2 cm³/mol. The minimum absolute atomic E-state index is 0.203. The molecule has 0 spiro atoms. The molecule has 1 saturated heterocycles. The standard InChI is InChI=1S/C15H17N4O8P/c16-13(23)14-17-7-19(18-14)15-12(22)11(21)10(26-15)5-6-28(24,25)27-9-4-2-1-3-8(9)20/h1-7,10-12,15,20-22H,(H2,16,23)(H,24,25)/b6-5+/t10-,11-,12-,15?/m1/s1. The summed E-state index contributed by atoms with van der Waals surface area (Å²) in [5, 5.41) is 33.6. The summed E-state index contributed by atoms with van der Waals surface area (Å²) in [6.07, 6.45) is -3.19. The molecule has 1 aliphatic rings. The van der Waals surface area contributed by atoms with Crippen molar-refractivity contribution in [3.63, 3.8) is 0 Å². The quantitative estimate of drug-likeness (QED) is 0.386. The van der Waals surface area contributed by atoms with Gasteiger partial charge in [0, 0.05) is 5.82 Å². The van der Waals surface area contributed by atoms with E-state index in [1.807, 2.05) is 0 Å². The number of nitrogens with two attached hydrogens (primary N) is 1. The molecule has 1 aliphatic heterocycles. The molecule has 0 bridgehead atoms. The van der Waals surface area contributed by atoms with Gasteiger partial charge in [-0.2, -0.15) is 0 Å². The third kappa shape index (κ3) is 4.21. The Labute approximate surface area is 158 Å². The number of carbonyl (C=O) groups excluding carboxylic acids is 1. The highest BCUT2D eigenvalue weighted by atomic mass is 31.2. The summed E-state index contributed by atoms with van der Waals surface area (Å²) in [5.41, 5.74) is 5.05. The van der Waals surface area contributed by atoms with Gasteiger partial charge in [-0.05, 0) is 18.2 Å². The highest BCUT2D eigenvalue weighted by Crippen LogP contribution is 2.47. The van der Waals surface area contributed by atoms with Gasteiger partial charge >= 0.3 is 7.60 Å². The zero-order chi connectivity index (χ0) is 20.5. The van der Waals surface area contributed by atoms with Crippen LogP contribution in [0.15, 0.2) is 42.5 Å². The number of benzene rings is 1. The first-order chi connectivity index (χ1) is 13.2. The van der Waals surface area contributed by atoms with Crippen LogP contribution in [-0.4, -0.2) is 59.2 Å². The Morgan fingerprint density at radius 3 is 2.68 bits per heavy atom. The number of hydrogen-bond acceptors (Lipinski definition) is 9. The number of amides is 1. The molecule has 1 aromatic carbocycles. The fourth-order valence-corrected chi connectivity index (χ4v) is 3.36. The molecule has 12 nitrogen and oxygen atoms in total. The van der Waals surface area contributed by atoms with E-state index in [9.17, 15) is 29.6 Å². The topological polar surface area (TPSA) is 190 Å². The van der Waals surface area contributed by atoms with Crippen molar-refractivity contribution in [1.82, 2.24) is 14.8 Å². The van der Waals surface area contributed by atoms with Gasteiger partial charge in [-0.3, -0.25) is 4.79 Å². The van der Waals surface area contributed by atoms with Crippen molar-refractivity contribution in [2.24, 2.45) is 5.73 Å². The average molecular weight is 412 g/mol. The van der Waals surface area contributed by atoms with Gasteiger partial charge in [0.2, 0.25) is 5.82 Å². The van der Waals surface area contributed by atoms with Crippen LogP contribution >= 0.6 is 7.60 Å². The third-order valence-corrected chi connectivity index (χ3v) is 4.83. The van der Waals surface area contributed by atoms with Crippen molar-refractivity contribution in [2.75, 3.05) is 0 Å². The predicted octanol–water partition coefficient (Wildman–Crippen LogP) is -0.520. The van der Waals surface area contributed by atoms with Gasteiger partial charge in [-0.1, -0.05) is 12.1 Å². The van der Waals surface area contributed by atoms with E-state index in [2.05, 4.69) is 10.1 Å². The van der Waals surface area contributed by atoms with Crippen molar-refractivity contribution < 1.29 is 38.8 Å². The van der Waals surface area contributed by atoms with Crippen molar-refractivity contribution in [2.45, 2.75) is 24.5 Å². The molecule has 1 aromatic heterocycles. The van der Waals surface area contributed by atoms with Crippen molar-refractivity contribution in [3.8, 4) is 11.5 Å². The monoisotopic (exact) mass is 412 g/mol. The van der Waals surface area contributed by atoms with Gasteiger partial charge in [0.05, 0.1) is 0 Å². The summed E-state index contributed by atoms with van der Waals surface area (Å²) in [5.74, 6) is -0.955. The molecule has 2 heterocycles. The number of primary amides is 1. The van der Waals surface area contributed by atoms with E-state index in [-0.39, 0.29) is 17.3 Å². The lowest BCUT2D eigenvalue weighted by molar-refractivity contribution is -0.0346. The van der Waals surface area contributed by atoms with E-state index < -0.39 is 38.0 Å². The van der Waals surface area contributed by atoms with Gasteiger partial charge in [0.15, 0.2) is 17.7 Å². The lowest BCUT2D eigenvalue weighted by Crippen LogP contribution is -2.31. The number of aromatic hydroxyl groups is 1. The van der Waals surface area contributed by atoms with Crippen LogP contribution in [0.5, 0.6) is 11.5 Å². The Morgan fingerprint density at radius 1 is 1.32 bits per heavy atom. The van der Waals surface area contributed by atoms with E-state index in [1.165, 1.54) is 24.3 Å². The summed E-state index contributed by atoms with van der Waals surface area (Å²) in [4.78, 5) is 24.6. The number of nitrogens with zero attached hydrogens (tertiary/aromatic N) is 3. The lowest BCUT2D eigenvalue weighted by atomic mass is 10.1. The van der Waals surface area contributed by atoms with Gasteiger partial charge in [-0.15, -0.1) is 5.10 Å². The van der Waals surface area contributed by atoms with Gasteiger partial charge in [0.25, 0.3) is 5.91 Å². The first kappa shape index (κ1) is 20.0. The molecule has 5 atom stereocenters. The Morgan fingerprint density at radius 2 is 2.04 bits per heavy atom. The van der Waals surface area contributed by atoms with E-state index in [4.69, 9.17) is 15.0 Å². The Balaban J connectivity index is 1.72. The van der Waals surface area contributed by atoms with Crippen LogP contribution in [0.25, 0.3) is 0 Å². The zero-order valence-corrected chi connectivity index (χ0v) is 15.0. The van der Waals surface area contributed by atoms with Crippen LogP contribution in [0.1, 0.15) is 16.8 Å². The van der Waals surface area contributed by atoms with Crippen LogP contribution in [0.3, 0.4) is 0 Å². The fourth-order valence-electron chi connectivity index (χ4n) is 2.47. The van der Waals surface area contributed by atoms with E-state index >= 15 is 0 Å². The summed E-state index contributed by atoms with van der Waals surface area (Å²) < 4.78 is 23.5. The average Bonchev–Trinajstić information content (AvgIpc) is 3.22. The molecule has 0 aliphatic carbocycles. The Hall–Kier alpha value is -2.76. The number of ether oxygens (including phenoxy) is 1. The second-order valence-electron chi connectivity index (χ2n) is 5.85. The molecular weight excluding hydrogens is 395 g/mol. The number of phenolic OH excluding ortho intramolecular Hbond substituents is 1.